The number of carbonyl (C=O) groups is 3. The Morgan fingerprint density at radius 2 is 1.64 bits per heavy atom. The molecule has 1 heterocycles. The lowest BCUT2D eigenvalue weighted by Crippen LogP contribution is -2.33. The van der Waals surface area contributed by atoms with Crippen molar-refractivity contribution >= 4 is 45.3 Å². The second kappa shape index (κ2) is 6.05. The molecular weight excluding hydrogens is 320 g/mol. The predicted octanol–water partition coefficient (Wildman–Crippen LogP) is 3.45. The van der Waals surface area contributed by atoms with Crippen molar-refractivity contribution in [2.45, 2.75) is 27.7 Å². The molecule has 128 valence electrons. The Bertz CT molecular complexity index is 1020. The van der Waals surface area contributed by atoms with E-state index in [1.54, 1.807) is 18.2 Å². The number of amides is 2. The summed E-state index contributed by atoms with van der Waals surface area (Å²) < 4.78 is 5.15. The molecule has 2 aromatic carbocycles. The van der Waals surface area contributed by atoms with Gasteiger partial charge in [0.15, 0.2) is 0 Å². The molecule has 0 aliphatic carbocycles. The Balaban J connectivity index is 2.22. The normalized spacial score (nSPS) is 10.9. The van der Waals surface area contributed by atoms with Crippen LogP contribution in [0.15, 0.2) is 30.3 Å². The zero-order chi connectivity index (χ0) is 18.3. The molecule has 0 fully saturated rings. The van der Waals surface area contributed by atoms with Gasteiger partial charge in [0.25, 0.3) is 0 Å². The van der Waals surface area contributed by atoms with Gasteiger partial charge in [0, 0.05) is 37.1 Å². The molecule has 3 rings (SSSR count). The molecule has 2 amide bonds. The van der Waals surface area contributed by atoms with E-state index in [-0.39, 0.29) is 17.8 Å². The first-order valence-electron chi connectivity index (χ1n) is 7.84. The Labute approximate surface area is 144 Å². The lowest BCUT2D eigenvalue weighted by atomic mass is 10.1. The van der Waals surface area contributed by atoms with Crippen molar-refractivity contribution in [3.63, 3.8) is 0 Å². The van der Waals surface area contributed by atoms with Gasteiger partial charge < -0.3 is 9.72 Å². The SMILES string of the molecule is CC(=O)Oc1ccc2[nH]c3c(C)c(N(C(C)=O)C(C)=O)ccc3c2c1. The van der Waals surface area contributed by atoms with E-state index in [4.69, 9.17) is 4.74 Å². The zero-order valence-corrected chi connectivity index (χ0v) is 14.5. The number of aryl methyl sites for hydroxylation is 1. The van der Waals surface area contributed by atoms with Crippen molar-refractivity contribution in [1.29, 1.82) is 0 Å². The topological polar surface area (TPSA) is 79.5 Å². The molecule has 1 N–H and O–H groups in total. The van der Waals surface area contributed by atoms with Crippen LogP contribution in [0.3, 0.4) is 0 Å². The lowest BCUT2D eigenvalue weighted by molar-refractivity contribution is -0.132. The van der Waals surface area contributed by atoms with E-state index < -0.39 is 0 Å². The van der Waals surface area contributed by atoms with Crippen LogP contribution >= 0.6 is 0 Å². The smallest absolute Gasteiger partial charge is 0.308 e. The quantitative estimate of drug-likeness (QED) is 0.573. The summed E-state index contributed by atoms with van der Waals surface area (Å²) in [5, 5.41) is 1.83. The van der Waals surface area contributed by atoms with Crippen LogP contribution in [0, 0.1) is 6.92 Å². The average molecular weight is 338 g/mol. The molecule has 0 spiro atoms. The van der Waals surface area contributed by atoms with Crippen molar-refractivity contribution in [3.05, 3.63) is 35.9 Å². The number of nitrogens with zero attached hydrogens (tertiary/aromatic N) is 1. The number of hydrogen-bond acceptors (Lipinski definition) is 4. The number of esters is 1. The van der Waals surface area contributed by atoms with E-state index in [1.807, 2.05) is 19.1 Å². The Morgan fingerprint density at radius 1 is 0.960 bits per heavy atom. The summed E-state index contributed by atoms with van der Waals surface area (Å²) >= 11 is 0. The maximum absolute atomic E-state index is 11.8. The Morgan fingerprint density at radius 3 is 2.24 bits per heavy atom. The van der Waals surface area contributed by atoms with E-state index in [2.05, 4.69) is 4.98 Å². The highest BCUT2D eigenvalue weighted by Gasteiger charge is 2.20. The molecule has 0 unspecified atom stereocenters. The zero-order valence-electron chi connectivity index (χ0n) is 14.5. The maximum Gasteiger partial charge on any atom is 0.308 e. The minimum atomic E-state index is -0.379. The van der Waals surface area contributed by atoms with E-state index in [1.165, 1.54) is 20.8 Å². The third-order valence-corrected chi connectivity index (χ3v) is 4.11. The molecule has 0 atom stereocenters. The first-order chi connectivity index (χ1) is 11.8. The molecule has 0 saturated carbocycles. The molecule has 0 saturated heterocycles. The maximum atomic E-state index is 11.8. The summed E-state index contributed by atoms with van der Waals surface area (Å²) in [6.07, 6.45) is 0. The monoisotopic (exact) mass is 338 g/mol. The molecule has 0 aliphatic rings. The van der Waals surface area contributed by atoms with E-state index in [0.29, 0.717) is 11.4 Å². The first-order valence-corrected chi connectivity index (χ1v) is 7.84. The van der Waals surface area contributed by atoms with Crippen molar-refractivity contribution in [3.8, 4) is 5.75 Å². The lowest BCUT2D eigenvalue weighted by Gasteiger charge is -2.19. The number of H-pyrrole nitrogens is 1. The average Bonchev–Trinajstić information content (AvgIpc) is 2.87. The number of rotatable bonds is 2. The van der Waals surface area contributed by atoms with Crippen LogP contribution in [-0.2, 0) is 14.4 Å². The number of carbonyl (C=O) groups excluding carboxylic acids is 3. The Hall–Kier alpha value is -3.15. The third kappa shape index (κ3) is 2.87. The summed E-state index contributed by atoms with van der Waals surface area (Å²) in [6.45, 7) is 5.94. The highest BCUT2D eigenvalue weighted by molar-refractivity contribution is 6.16. The van der Waals surface area contributed by atoms with Gasteiger partial charge in [0.2, 0.25) is 11.8 Å². The van der Waals surface area contributed by atoms with Crippen LogP contribution in [0.2, 0.25) is 0 Å². The molecule has 1 aromatic heterocycles. The Kier molecular flexibility index (Phi) is 4.04. The van der Waals surface area contributed by atoms with Gasteiger partial charge in [-0.2, -0.15) is 0 Å². The van der Waals surface area contributed by atoms with E-state index in [9.17, 15) is 14.4 Å². The number of ether oxygens (including phenoxy) is 1. The number of anilines is 1. The summed E-state index contributed by atoms with van der Waals surface area (Å²) in [5.41, 5.74) is 3.07. The van der Waals surface area contributed by atoms with Gasteiger partial charge in [-0.25, -0.2) is 0 Å². The molecular formula is C19H18N2O4. The molecule has 0 radical (unpaired) electrons. The van der Waals surface area contributed by atoms with Gasteiger partial charge >= 0.3 is 5.97 Å². The van der Waals surface area contributed by atoms with Gasteiger partial charge in [-0.15, -0.1) is 0 Å². The van der Waals surface area contributed by atoms with Gasteiger partial charge in [-0.05, 0) is 36.8 Å². The second-order valence-corrected chi connectivity index (χ2v) is 5.93. The third-order valence-electron chi connectivity index (χ3n) is 4.11. The molecule has 25 heavy (non-hydrogen) atoms. The summed E-state index contributed by atoms with van der Waals surface area (Å²) in [4.78, 5) is 39.3. The predicted molar refractivity (Wildman–Crippen MR) is 95.7 cm³/mol. The number of nitrogens with one attached hydrogen (secondary N) is 1. The van der Waals surface area contributed by atoms with Crippen molar-refractivity contribution < 1.29 is 19.1 Å². The van der Waals surface area contributed by atoms with Crippen LogP contribution < -0.4 is 9.64 Å². The van der Waals surface area contributed by atoms with Crippen molar-refractivity contribution in [2.24, 2.45) is 0 Å². The van der Waals surface area contributed by atoms with Crippen LogP contribution in [0.5, 0.6) is 5.75 Å². The van der Waals surface area contributed by atoms with Crippen LogP contribution in [0.25, 0.3) is 21.8 Å². The molecule has 6 nitrogen and oxygen atoms in total. The first kappa shape index (κ1) is 16.7. The van der Waals surface area contributed by atoms with Crippen LogP contribution in [-0.4, -0.2) is 22.8 Å². The molecule has 0 bridgehead atoms. The standard InChI is InChI=1S/C19H18N2O4/c1-10-18(21(11(2)22)12(3)23)8-6-15-16-9-14(25-13(4)24)5-7-17(16)20-19(10)15/h5-9,20H,1-4H3. The minimum absolute atomic E-state index is 0.330. The van der Waals surface area contributed by atoms with Crippen molar-refractivity contribution in [2.75, 3.05) is 4.90 Å². The summed E-state index contributed by atoms with van der Waals surface area (Å²) in [6, 6.07) is 8.95. The highest BCUT2D eigenvalue weighted by atomic mass is 16.5. The fourth-order valence-electron chi connectivity index (χ4n) is 3.11. The number of aromatic nitrogens is 1. The fraction of sp³-hybridized carbons (Fsp3) is 0.211. The summed E-state index contributed by atoms with van der Waals surface area (Å²) in [5.74, 6) is -0.570. The number of fused-ring (bicyclic) bond motifs is 3. The highest BCUT2D eigenvalue weighted by Crippen LogP contribution is 2.34. The molecule has 6 heteroatoms. The van der Waals surface area contributed by atoms with Crippen LogP contribution in [0.4, 0.5) is 5.69 Å². The van der Waals surface area contributed by atoms with E-state index >= 15 is 0 Å². The van der Waals surface area contributed by atoms with Gasteiger partial charge in [-0.1, -0.05) is 6.07 Å². The second-order valence-electron chi connectivity index (χ2n) is 5.93. The minimum Gasteiger partial charge on any atom is -0.427 e. The number of imide groups is 1. The molecule has 0 aliphatic heterocycles. The van der Waals surface area contributed by atoms with Crippen molar-refractivity contribution in [1.82, 2.24) is 4.98 Å². The number of benzene rings is 2. The fourth-order valence-corrected chi connectivity index (χ4v) is 3.11. The van der Waals surface area contributed by atoms with Gasteiger partial charge in [0.05, 0.1) is 11.2 Å². The van der Waals surface area contributed by atoms with Gasteiger partial charge in [0.1, 0.15) is 5.75 Å². The number of aromatic amines is 1. The largest absolute Gasteiger partial charge is 0.427 e. The van der Waals surface area contributed by atoms with E-state index in [0.717, 1.165) is 32.3 Å². The molecule has 3 aromatic rings. The number of hydrogen-bond donors (Lipinski definition) is 1. The van der Waals surface area contributed by atoms with Crippen LogP contribution in [0.1, 0.15) is 26.3 Å². The summed E-state index contributed by atoms with van der Waals surface area (Å²) in [7, 11) is 0. The van der Waals surface area contributed by atoms with Gasteiger partial charge in [-0.3, -0.25) is 19.3 Å².